The summed E-state index contributed by atoms with van der Waals surface area (Å²) in [5.41, 5.74) is 7.44. The Balaban J connectivity index is 1.28. The highest BCUT2D eigenvalue weighted by Gasteiger charge is 2.27. The molecule has 184 valence electrons. The zero-order valence-electron chi connectivity index (χ0n) is 20.0. The highest BCUT2D eigenvalue weighted by molar-refractivity contribution is 5.96. The Morgan fingerprint density at radius 1 is 1.17 bits per heavy atom. The number of nitrogens with one attached hydrogen (secondary N) is 1. The van der Waals surface area contributed by atoms with Gasteiger partial charge in [-0.2, -0.15) is 10.1 Å². The quantitative estimate of drug-likeness (QED) is 0.425. The number of hydrogen-bond donors (Lipinski definition) is 2. The van der Waals surface area contributed by atoms with Crippen molar-refractivity contribution >= 4 is 34.1 Å². The molecule has 0 radical (unpaired) electrons. The van der Waals surface area contributed by atoms with Gasteiger partial charge < -0.3 is 20.5 Å². The van der Waals surface area contributed by atoms with Crippen molar-refractivity contribution in [3.8, 4) is 0 Å². The molecule has 1 saturated heterocycles. The number of piperidine rings is 1. The Morgan fingerprint density at radius 3 is 2.78 bits per heavy atom. The second-order valence-corrected chi connectivity index (χ2v) is 9.59. The van der Waals surface area contributed by atoms with Crippen molar-refractivity contribution in [2.45, 2.75) is 37.6 Å². The molecule has 1 aliphatic carbocycles. The highest BCUT2D eigenvalue weighted by Crippen LogP contribution is 2.40. The normalized spacial score (nSPS) is 17.9. The van der Waals surface area contributed by atoms with Crippen LogP contribution in [0.15, 0.2) is 47.7 Å². The molecule has 0 spiro atoms. The summed E-state index contributed by atoms with van der Waals surface area (Å²) in [6, 6.07) is 8.22. The number of fused-ring (bicyclic) bond motifs is 1. The third-order valence-corrected chi connectivity index (χ3v) is 6.95. The van der Waals surface area contributed by atoms with Crippen LogP contribution in [0.3, 0.4) is 0 Å². The average Bonchev–Trinajstić information content (AvgIpc) is 3.66. The van der Waals surface area contributed by atoms with Gasteiger partial charge in [-0.3, -0.25) is 14.3 Å². The molecule has 4 aromatic rings. The maximum absolute atomic E-state index is 13.4. The van der Waals surface area contributed by atoms with Crippen molar-refractivity contribution in [1.29, 1.82) is 0 Å². The number of aromatic nitrogens is 6. The maximum atomic E-state index is 13.4. The molecule has 36 heavy (non-hydrogen) atoms. The van der Waals surface area contributed by atoms with Crippen molar-refractivity contribution < 1.29 is 4.79 Å². The lowest BCUT2D eigenvalue weighted by Gasteiger charge is -2.33. The van der Waals surface area contributed by atoms with Crippen molar-refractivity contribution in [2.24, 2.45) is 12.8 Å². The first-order valence-electron chi connectivity index (χ1n) is 12.2. The molecule has 1 aliphatic heterocycles. The van der Waals surface area contributed by atoms with Crippen LogP contribution in [0.4, 0.5) is 17.5 Å². The number of nitrogens with zero attached hydrogens (tertiary/aromatic N) is 7. The third kappa shape index (κ3) is 4.16. The number of primary amides is 1. The molecular weight excluding hydrogens is 458 g/mol. The van der Waals surface area contributed by atoms with Crippen molar-refractivity contribution in [3.05, 3.63) is 64.5 Å². The van der Waals surface area contributed by atoms with Gasteiger partial charge in [-0.1, -0.05) is 12.1 Å². The molecule has 4 heterocycles. The van der Waals surface area contributed by atoms with Crippen LogP contribution in [0.2, 0.25) is 0 Å². The van der Waals surface area contributed by atoms with E-state index in [-0.39, 0.29) is 23.1 Å². The monoisotopic (exact) mass is 485 g/mol. The predicted octanol–water partition coefficient (Wildman–Crippen LogP) is 2.48. The molecule has 3 aromatic heterocycles. The number of aryl methyl sites for hydroxylation is 1. The number of rotatable bonds is 6. The second kappa shape index (κ2) is 8.74. The number of nitrogens with two attached hydrogens (primary N) is 1. The van der Waals surface area contributed by atoms with Gasteiger partial charge in [0.05, 0.1) is 17.9 Å². The van der Waals surface area contributed by atoms with E-state index in [2.05, 4.69) is 37.7 Å². The maximum Gasteiger partial charge on any atom is 0.273 e. The summed E-state index contributed by atoms with van der Waals surface area (Å²) in [5.74, 6) is 0.517. The van der Waals surface area contributed by atoms with Gasteiger partial charge in [0.2, 0.25) is 5.95 Å². The van der Waals surface area contributed by atoms with Gasteiger partial charge in [-0.25, -0.2) is 0 Å². The van der Waals surface area contributed by atoms with Crippen molar-refractivity contribution in [1.82, 2.24) is 29.5 Å². The molecule has 2 aliphatic rings. The lowest BCUT2D eigenvalue weighted by atomic mass is 10.0. The number of carbonyl (C=O) groups excluding carboxylic acids is 1. The molecule has 1 amide bonds. The van der Waals surface area contributed by atoms with Gasteiger partial charge in [-0.05, 0) is 54.7 Å². The third-order valence-electron chi connectivity index (χ3n) is 6.95. The van der Waals surface area contributed by atoms with Crippen molar-refractivity contribution in [3.63, 3.8) is 0 Å². The number of benzene rings is 1. The van der Waals surface area contributed by atoms with Crippen LogP contribution in [-0.2, 0) is 7.05 Å². The summed E-state index contributed by atoms with van der Waals surface area (Å²) >= 11 is 0. The van der Waals surface area contributed by atoms with Crippen LogP contribution in [-0.4, -0.2) is 48.5 Å². The first-order valence-corrected chi connectivity index (χ1v) is 12.2. The van der Waals surface area contributed by atoms with Gasteiger partial charge in [0.15, 0.2) is 11.5 Å². The lowest BCUT2D eigenvalue weighted by Crippen LogP contribution is -2.40. The van der Waals surface area contributed by atoms with Crippen LogP contribution >= 0.6 is 0 Å². The van der Waals surface area contributed by atoms with E-state index < -0.39 is 5.91 Å². The van der Waals surface area contributed by atoms with Gasteiger partial charge in [0.25, 0.3) is 11.5 Å². The molecule has 3 N–H and O–H groups in total. The van der Waals surface area contributed by atoms with E-state index >= 15 is 0 Å². The van der Waals surface area contributed by atoms with Gasteiger partial charge >= 0.3 is 0 Å². The molecule has 11 nitrogen and oxygen atoms in total. The molecule has 0 bridgehead atoms. The van der Waals surface area contributed by atoms with Crippen LogP contribution in [0, 0.1) is 0 Å². The van der Waals surface area contributed by atoms with Crippen LogP contribution in [0.1, 0.15) is 53.7 Å². The Morgan fingerprint density at radius 2 is 2.03 bits per heavy atom. The van der Waals surface area contributed by atoms with Crippen LogP contribution in [0.5, 0.6) is 0 Å². The topological polar surface area (TPSA) is 137 Å². The molecular formula is C25H27N9O2. The summed E-state index contributed by atoms with van der Waals surface area (Å²) in [6.45, 7) is 1.27. The van der Waals surface area contributed by atoms with Crippen molar-refractivity contribution in [2.75, 3.05) is 23.3 Å². The highest BCUT2D eigenvalue weighted by atomic mass is 16.1. The van der Waals surface area contributed by atoms with E-state index in [0.29, 0.717) is 30.6 Å². The number of amides is 1. The smallest absolute Gasteiger partial charge is 0.273 e. The Bertz CT molecular complexity index is 1520. The minimum absolute atomic E-state index is 0.0174. The fraction of sp³-hybridized carbons (Fsp3) is 0.360. The SMILES string of the molecule is Cn1cc(Nc2nc(N3CCCC(n4ccc5cc(C6CC6)ccc5c4=O)C3)nnc2C(N)=O)cn1. The average molecular weight is 486 g/mol. The van der Waals surface area contributed by atoms with Crippen LogP contribution < -0.4 is 21.5 Å². The molecule has 2 fully saturated rings. The van der Waals surface area contributed by atoms with Gasteiger partial charge in [-0.15, -0.1) is 10.2 Å². The number of hydrogen-bond acceptors (Lipinski definition) is 8. The summed E-state index contributed by atoms with van der Waals surface area (Å²) in [7, 11) is 1.79. The first kappa shape index (κ1) is 22.2. The molecule has 1 aromatic carbocycles. The molecule has 11 heteroatoms. The minimum atomic E-state index is -0.725. The van der Waals surface area contributed by atoms with E-state index in [1.54, 1.807) is 24.1 Å². The number of carbonyl (C=O) groups is 1. The fourth-order valence-corrected chi connectivity index (χ4v) is 4.93. The Labute approximate surface area is 207 Å². The van der Waals surface area contributed by atoms with E-state index in [1.807, 2.05) is 27.8 Å². The largest absolute Gasteiger partial charge is 0.364 e. The summed E-state index contributed by atoms with van der Waals surface area (Å²) < 4.78 is 3.45. The Hall–Kier alpha value is -4.28. The number of anilines is 3. The van der Waals surface area contributed by atoms with Gasteiger partial charge in [0, 0.05) is 37.9 Å². The first-order chi connectivity index (χ1) is 17.5. The molecule has 6 rings (SSSR count). The van der Waals surface area contributed by atoms with E-state index in [1.165, 1.54) is 18.4 Å². The van der Waals surface area contributed by atoms with E-state index in [4.69, 9.17) is 5.73 Å². The standard InChI is InChI=1S/C25H27N9O2/c1-32-13-18(12-27-32)28-23-21(22(26)35)30-31-25(29-23)33-9-2-3-19(14-33)34-10-8-17-11-16(15-4-5-15)6-7-20(17)24(34)36/h6-8,10-13,15,19H,2-5,9,14H2,1H3,(H2,26,35)(H,28,29,31). The minimum Gasteiger partial charge on any atom is -0.364 e. The van der Waals surface area contributed by atoms with E-state index in [0.717, 1.165) is 23.6 Å². The van der Waals surface area contributed by atoms with Crippen LogP contribution in [0.25, 0.3) is 10.8 Å². The molecule has 1 saturated carbocycles. The second-order valence-electron chi connectivity index (χ2n) is 9.59. The summed E-state index contributed by atoms with van der Waals surface area (Å²) in [6.07, 6.45) is 9.47. The molecule has 1 atom stereocenters. The molecule has 1 unspecified atom stereocenters. The fourth-order valence-electron chi connectivity index (χ4n) is 4.93. The van der Waals surface area contributed by atoms with Gasteiger partial charge in [0.1, 0.15) is 0 Å². The van der Waals surface area contributed by atoms with E-state index in [9.17, 15) is 9.59 Å². The Kier molecular flexibility index (Phi) is 5.39. The predicted molar refractivity (Wildman–Crippen MR) is 136 cm³/mol. The zero-order chi connectivity index (χ0) is 24.8. The number of pyridine rings is 1. The summed E-state index contributed by atoms with van der Waals surface area (Å²) in [5, 5.41) is 17.2. The summed E-state index contributed by atoms with van der Waals surface area (Å²) in [4.78, 5) is 31.9. The zero-order valence-corrected chi connectivity index (χ0v) is 20.0. The lowest BCUT2D eigenvalue weighted by molar-refractivity contribution is 0.0995.